The number of hydrogen-bond donors (Lipinski definition) is 1. The van der Waals surface area contributed by atoms with E-state index in [1.807, 2.05) is 0 Å². The number of nitrogen functional groups attached to an aromatic ring is 1. The van der Waals surface area contributed by atoms with Crippen molar-refractivity contribution in [2.45, 2.75) is 6.42 Å². The van der Waals surface area contributed by atoms with Crippen molar-refractivity contribution in [1.29, 1.82) is 0 Å². The van der Waals surface area contributed by atoms with Crippen molar-refractivity contribution >= 4 is 21.6 Å². The molecule has 0 aromatic heterocycles. The van der Waals surface area contributed by atoms with E-state index in [2.05, 4.69) is 27.8 Å². The molecule has 3 heteroatoms. The second-order valence-corrected chi connectivity index (χ2v) is 3.24. The van der Waals surface area contributed by atoms with Gasteiger partial charge in [-0.2, -0.15) is 0 Å². The predicted molar refractivity (Wildman–Crippen MR) is 56.1 cm³/mol. The normalized spacial score (nSPS) is 9.08. The lowest BCUT2D eigenvalue weighted by atomic mass is 10.2. The Balaban J connectivity index is 2.91. The molecule has 0 atom stereocenters. The van der Waals surface area contributed by atoms with E-state index in [9.17, 15) is 4.39 Å². The molecule has 0 aliphatic rings. The first-order chi connectivity index (χ1) is 6.25. The second kappa shape index (κ2) is 4.88. The van der Waals surface area contributed by atoms with Crippen LogP contribution in [0.15, 0.2) is 18.2 Å². The Morgan fingerprint density at radius 2 is 2.23 bits per heavy atom. The highest BCUT2D eigenvalue weighted by molar-refractivity contribution is 9.09. The fourth-order valence-electron chi connectivity index (χ4n) is 0.851. The zero-order valence-electron chi connectivity index (χ0n) is 6.98. The fourth-order valence-corrected chi connectivity index (χ4v) is 1.05. The minimum atomic E-state index is -0.426. The summed E-state index contributed by atoms with van der Waals surface area (Å²) < 4.78 is 13.2. The van der Waals surface area contributed by atoms with E-state index in [-0.39, 0.29) is 5.69 Å². The Hall–Kier alpha value is -1.01. The van der Waals surface area contributed by atoms with E-state index in [1.54, 1.807) is 12.1 Å². The molecule has 0 saturated heterocycles. The molecule has 2 N–H and O–H groups in total. The van der Waals surface area contributed by atoms with Crippen LogP contribution in [0.1, 0.15) is 12.0 Å². The zero-order valence-corrected chi connectivity index (χ0v) is 8.57. The van der Waals surface area contributed by atoms with Gasteiger partial charge in [0.2, 0.25) is 0 Å². The third kappa shape index (κ3) is 2.74. The van der Waals surface area contributed by atoms with Gasteiger partial charge in [0, 0.05) is 11.8 Å². The van der Waals surface area contributed by atoms with Crippen LogP contribution in [-0.2, 0) is 0 Å². The Labute approximate surface area is 85.3 Å². The minimum absolute atomic E-state index is 0.144. The summed E-state index contributed by atoms with van der Waals surface area (Å²) in [6.07, 6.45) is 0.703. The number of rotatable bonds is 1. The highest BCUT2D eigenvalue weighted by Crippen LogP contribution is 2.13. The summed E-state index contributed by atoms with van der Waals surface area (Å²) in [5.74, 6) is 5.12. The molecule has 13 heavy (non-hydrogen) atoms. The number of alkyl halides is 1. The largest absolute Gasteiger partial charge is 0.396 e. The third-order valence-electron chi connectivity index (χ3n) is 1.47. The maximum Gasteiger partial charge on any atom is 0.161 e. The lowest BCUT2D eigenvalue weighted by Gasteiger charge is -1.96. The summed E-state index contributed by atoms with van der Waals surface area (Å²) in [4.78, 5) is 0. The molecule has 1 aromatic carbocycles. The molecule has 0 unspecified atom stereocenters. The van der Waals surface area contributed by atoms with E-state index < -0.39 is 5.82 Å². The molecule has 0 amide bonds. The van der Waals surface area contributed by atoms with Crippen LogP contribution in [0.3, 0.4) is 0 Å². The highest BCUT2D eigenvalue weighted by Gasteiger charge is 2.00. The van der Waals surface area contributed by atoms with Crippen molar-refractivity contribution in [3.8, 4) is 11.8 Å². The second-order valence-electron chi connectivity index (χ2n) is 2.45. The van der Waals surface area contributed by atoms with Crippen molar-refractivity contribution in [3.63, 3.8) is 0 Å². The van der Waals surface area contributed by atoms with E-state index in [1.165, 1.54) is 6.07 Å². The molecule has 1 nitrogen and oxygen atoms in total. The van der Waals surface area contributed by atoms with E-state index in [0.29, 0.717) is 12.0 Å². The van der Waals surface area contributed by atoms with Gasteiger partial charge in [0.05, 0.1) is 11.3 Å². The summed E-state index contributed by atoms with van der Waals surface area (Å²) in [6, 6.07) is 4.83. The first-order valence-corrected chi connectivity index (χ1v) is 4.96. The Bertz CT molecular complexity index is 352. The Morgan fingerprint density at radius 3 is 2.92 bits per heavy atom. The SMILES string of the molecule is Nc1cccc(C#CCCBr)c1F. The molecule has 0 saturated carbocycles. The molecule has 0 fully saturated rings. The van der Waals surface area contributed by atoms with Gasteiger partial charge in [-0.25, -0.2) is 4.39 Å². The van der Waals surface area contributed by atoms with Crippen molar-refractivity contribution < 1.29 is 4.39 Å². The molecule has 0 heterocycles. The van der Waals surface area contributed by atoms with E-state index in [0.717, 1.165) is 5.33 Å². The van der Waals surface area contributed by atoms with Crippen molar-refractivity contribution in [2.75, 3.05) is 11.1 Å². The quantitative estimate of drug-likeness (QED) is 0.457. The van der Waals surface area contributed by atoms with Crippen LogP contribution in [0.2, 0.25) is 0 Å². The topological polar surface area (TPSA) is 26.0 Å². The predicted octanol–water partition coefficient (Wildman–Crippen LogP) is 2.54. The molecular weight excluding hydrogens is 233 g/mol. The van der Waals surface area contributed by atoms with Gasteiger partial charge in [-0.3, -0.25) is 0 Å². The summed E-state index contributed by atoms with van der Waals surface area (Å²) in [7, 11) is 0. The van der Waals surface area contributed by atoms with Gasteiger partial charge in [-0.15, -0.1) is 0 Å². The van der Waals surface area contributed by atoms with Gasteiger partial charge in [0.1, 0.15) is 0 Å². The van der Waals surface area contributed by atoms with Crippen LogP contribution in [0.5, 0.6) is 0 Å². The maximum absolute atomic E-state index is 13.2. The van der Waals surface area contributed by atoms with Gasteiger partial charge in [0.15, 0.2) is 5.82 Å². The van der Waals surface area contributed by atoms with Crippen molar-refractivity contribution in [1.82, 2.24) is 0 Å². The highest BCUT2D eigenvalue weighted by atomic mass is 79.9. The smallest absolute Gasteiger partial charge is 0.161 e. The molecule has 0 aliphatic heterocycles. The molecule has 1 aromatic rings. The lowest BCUT2D eigenvalue weighted by Crippen LogP contribution is -1.92. The maximum atomic E-state index is 13.2. The molecule has 1 rings (SSSR count). The average molecular weight is 242 g/mol. The number of nitrogens with two attached hydrogens (primary N) is 1. The number of benzene rings is 1. The fraction of sp³-hybridized carbons (Fsp3) is 0.200. The minimum Gasteiger partial charge on any atom is -0.396 e. The van der Waals surface area contributed by atoms with Gasteiger partial charge >= 0.3 is 0 Å². The summed E-state index contributed by atoms with van der Waals surface area (Å²) >= 11 is 3.23. The summed E-state index contributed by atoms with van der Waals surface area (Å²) in [6.45, 7) is 0. The standard InChI is InChI=1S/C10H9BrFN/c11-7-2-1-4-8-5-3-6-9(13)10(8)12/h3,5-6H,2,7,13H2. The molecule has 0 bridgehead atoms. The van der Waals surface area contributed by atoms with Crippen LogP contribution in [0.25, 0.3) is 0 Å². The molecule has 0 aliphatic carbocycles. The van der Waals surface area contributed by atoms with Crippen LogP contribution in [-0.4, -0.2) is 5.33 Å². The lowest BCUT2D eigenvalue weighted by molar-refractivity contribution is 0.629. The van der Waals surface area contributed by atoms with Gasteiger partial charge < -0.3 is 5.73 Å². The molecule has 0 radical (unpaired) electrons. The van der Waals surface area contributed by atoms with Crippen molar-refractivity contribution in [3.05, 3.63) is 29.6 Å². The number of anilines is 1. The van der Waals surface area contributed by atoms with Gasteiger partial charge in [-0.1, -0.05) is 33.8 Å². The van der Waals surface area contributed by atoms with Crippen LogP contribution in [0.4, 0.5) is 10.1 Å². The number of hydrogen-bond acceptors (Lipinski definition) is 1. The summed E-state index contributed by atoms with van der Waals surface area (Å²) in [5, 5.41) is 0.796. The molecule has 68 valence electrons. The Kier molecular flexibility index (Phi) is 3.78. The monoisotopic (exact) mass is 241 g/mol. The Morgan fingerprint density at radius 1 is 1.46 bits per heavy atom. The molecular formula is C10H9BrFN. The number of halogens is 2. The van der Waals surface area contributed by atoms with E-state index in [4.69, 9.17) is 5.73 Å². The van der Waals surface area contributed by atoms with E-state index >= 15 is 0 Å². The third-order valence-corrected chi connectivity index (χ3v) is 1.87. The van der Waals surface area contributed by atoms with Crippen LogP contribution in [0, 0.1) is 17.7 Å². The molecule has 0 spiro atoms. The van der Waals surface area contributed by atoms with Crippen LogP contribution < -0.4 is 5.73 Å². The summed E-state index contributed by atoms with van der Waals surface area (Å²) in [5.41, 5.74) is 5.88. The first kappa shape index (κ1) is 10.1. The zero-order chi connectivity index (χ0) is 9.68. The first-order valence-electron chi connectivity index (χ1n) is 3.84. The van der Waals surface area contributed by atoms with Gasteiger partial charge in [-0.05, 0) is 12.1 Å². The van der Waals surface area contributed by atoms with Crippen LogP contribution >= 0.6 is 15.9 Å². The average Bonchev–Trinajstić information content (AvgIpc) is 2.13. The van der Waals surface area contributed by atoms with Crippen molar-refractivity contribution in [2.24, 2.45) is 0 Å². The van der Waals surface area contributed by atoms with Gasteiger partial charge in [0.25, 0.3) is 0 Å².